The maximum Gasteiger partial charge on any atom is 0.435 e. The minimum atomic E-state index is -6.32. The SMILES string of the molecule is COc1ccccc1CC1(c2c(C)cc(C(F)(C(F)(F)F)C(F)(F)F)cc2C)C(F)=CC=CC1C(N)=O. The molecule has 3 rings (SSSR count). The lowest BCUT2D eigenvalue weighted by Crippen LogP contribution is -2.51. The van der Waals surface area contributed by atoms with Gasteiger partial charge in [-0.15, -0.1) is 0 Å². The van der Waals surface area contributed by atoms with Crippen LogP contribution < -0.4 is 10.5 Å². The van der Waals surface area contributed by atoms with Crippen molar-refractivity contribution in [2.45, 2.75) is 43.7 Å². The van der Waals surface area contributed by atoms with E-state index in [4.69, 9.17) is 10.5 Å². The van der Waals surface area contributed by atoms with Crippen LogP contribution in [0.1, 0.15) is 27.8 Å². The second-order valence-electron chi connectivity index (χ2n) is 8.88. The van der Waals surface area contributed by atoms with Gasteiger partial charge < -0.3 is 10.5 Å². The maximum atomic E-state index is 15.9. The van der Waals surface area contributed by atoms with Crippen molar-refractivity contribution >= 4 is 5.91 Å². The maximum absolute atomic E-state index is 15.9. The van der Waals surface area contributed by atoms with Crippen LogP contribution >= 0.6 is 0 Å². The van der Waals surface area contributed by atoms with Crippen molar-refractivity contribution in [3.8, 4) is 5.75 Å². The lowest BCUT2D eigenvalue weighted by molar-refractivity contribution is -0.348. The van der Waals surface area contributed by atoms with Crippen LogP contribution in [0, 0.1) is 19.8 Å². The third kappa shape index (κ3) is 4.48. The summed E-state index contributed by atoms with van der Waals surface area (Å²) in [5.74, 6) is -2.97. The fourth-order valence-corrected chi connectivity index (χ4v) is 5.11. The summed E-state index contributed by atoms with van der Waals surface area (Å²) in [6, 6.07) is 7.15. The molecule has 0 aromatic heterocycles. The van der Waals surface area contributed by atoms with E-state index in [1.807, 2.05) is 0 Å². The van der Waals surface area contributed by atoms with Gasteiger partial charge in [0.25, 0.3) is 0 Å². The molecule has 11 heteroatoms. The Morgan fingerprint density at radius 3 is 2.03 bits per heavy atom. The van der Waals surface area contributed by atoms with Crippen LogP contribution in [0.4, 0.5) is 35.1 Å². The van der Waals surface area contributed by atoms with E-state index < -0.39 is 46.7 Å². The Balaban J connectivity index is 2.38. The Labute approximate surface area is 207 Å². The third-order valence-corrected chi connectivity index (χ3v) is 6.63. The first kappa shape index (κ1) is 28.2. The number of carbonyl (C=O) groups is 1. The Morgan fingerprint density at radius 2 is 1.54 bits per heavy atom. The van der Waals surface area contributed by atoms with Crippen LogP contribution in [-0.4, -0.2) is 25.4 Å². The number of nitrogens with two attached hydrogens (primary N) is 1. The number of allylic oxidation sites excluding steroid dienone is 3. The van der Waals surface area contributed by atoms with Gasteiger partial charge in [-0.25, -0.2) is 8.78 Å². The molecule has 0 saturated carbocycles. The van der Waals surface area contributed by atoms with Crippen molar-refractivity contribution in [3.63, 3.8) is 0 Å². The second-order valence-corrected chi connectivity index (χ2v) is 8.88. The highest BCUT2D eigenvalue weighted by molar-refractivity contribution is 5.83. The standard InChI is InChI=1S/C26H23F8NO2/c1-14-11-17(24(28,25(29,30)31)26(32,33)34)12-15(2)21(14)23(13-16-7-4-5-9-19(16)37-3)18(22(35)36)8-6-10-20(23)27/h4-12,18H,13H2,1-3H3,(H2,35,36). The van der Waals surface area contributed by atoms with Gasteiger partial charge in [0, 0.05) is 5.56 Å². The molecule has 1 aliphatic rings. The molecule has 0 heterocycles. The summed E-state index contributed by atoms with van der Waals surface area (Å²) >= 11 is 0. The predicted molar refractivity (Wildman–Crippen MR) is 120 cm³/mol. The van der Waals surface area contributed by atoms with Crippen molar-refractivity contribution in [2.24, 2.45) is 11.7 Å². The van der Waals surface area contributed by atoms with E-state index in [1.165, 1.54) is 19.3 Å². The number of halogens is 8. The molecule has 1 amide bonds. The normalized spacial score (nSPS) is 20.5. The van der Waals surface area contributed by atoms with Gasteiger partial charge in [-0.3, -0.25) is 4.79 Å². The Bertz CT molecular complexity index is 1220. The Morgan fingerprint density at radius 1 is 1.00 bits per heavy atom. The fourth-order valence-electron chi connectivity index (χ4n) is 5.11. The Hall–Kier alpha value is -3.37. The zero-order valence-electron chi connectivity index (χ0n) is 19.9. The summed E-state index contributed by atoms with van der Waals surface area (Å²) in [6.07, 6.45) is -9.36. The molecule has 2 aromatic rings. The van der Waals surface area contributed by atoms with E-state index in [-0.39, 0.29) is 23.1 Å². The van der Waals surface area contributed by atoms with Crippen LogP contribution in [0.3, 0.4) is 0 Å². The average molecular weight is 533 g/mol. The Kier molecular flexibility index (Phi) is 7.24. The largest absolute Gasteiger partial charge is 0.496 e. The number of primary amides is 1. The second kappa shape index (κ2) is 9.50. The summed E-state index contributed by atoms with van der Waals surface area (Å²) in [5, 5.41) is 0. The monoisotopic (exact) mass is 533 g/mol. The molecule has 200 valence electrons. The van der Waals surface area contributed by atoms with Gasteiger partial charge in [0.05, 0.1) is 18.4 Å². The number of alkyl halides is 7. The fraction of sp³-hybridized carbons (Fsp3) is 0.346. The van der Waals surface area contributed by atoms with Crippen molar-refractivity contribution in [2.75, 3.05) is 7.11 Å². The number of hydrogen-bond donors (Lipinski definition) is 1. The van der Waals surface area contributed by atoms with Gasteiger partial charge in [-0.05, 0) is 54.7 Å². The van der Waals surface area contributed by atoms with Crippen LogP contribution in [0.5, 0.6) is 5.75 Å². The van der Waals surface area contributed by atoms with Crippen molar-refractivity contribution < 1.29 is 44.7 Å². The number of aryl methyl sites for hydroxylation is 2. The van der Waals surface area contributed by atoms with Crippen LogP contribution in [0.25, 0.3) is 0 Å². The molecule has 2 atom stereocenters. The molecular weight excluding hydrogens is 510 g/mol. The summed E-state index contributed by atoms with van der Waals surface area (Å²) in [4.78, 5) is 12.5. The summed E-state index contributed by atoms with van der Waals surface area (Å²) < 4.78 is 117. The molecule has 0 fully saturated rings. The molecule has 0 spiro atoms. The zero-order chi connectivity index (χ0) is 28.0. The average Bonchev–Trinajstić information content (AvgIpc) is 2.78. The minimum Gasteiger partial charge on any atom is -0.496 e. The molecule has 2 aromatic carbocycles. The summed E-state index contributed by atoms with van der Waals surface area (Å²) in [6.45, 7) is 2.26. The van der Waals surface area contributed by atoms with Gasteiger partial charge in [0.2, 0.25) is 5.91 Å². The summed E-state index contributed by atoms with van der Waals surface area (Å²) in [5.41, 5.74) is -4.00. The van der Waals surface area contributed by atoms with E-state index >= 15 is 4.39 Å². The third-order valence-electron chi connectivity index (χ3n) is 6.63. The molecule has 2 unspecified atom stereocenters. The van der Waals surface area contributed by atoms with Gasteiger partial charge >= 0.3 is 18.0 Å². The molecule has 0 bridgehead atoms. The van der Waals surface area contributed by atoms with Crippen molar-refractivity contribution in [1.82, 2.24) is 0 Å². The van der Waals surface area contributed by atoms with Gasteiger partial charge in [0.15, 0.2) is 0 Å². The first-order valence-electron chi connectivity index (χ1n) is 10.9. The number of rotatable bonds is 6. The highest BCUT2D eigenvalue weighted by Crippen LogP contribution is 2.55. The first-order valence-corrected chi connectivity index (χ1v) is 10.9. The highest BCUT2D eigenvalue weighted by Gasteiger charge is 2.73. The molecule has 0 saturated heterocycles. The number of amides is 1. The van der Waals surface area contributed by atoms with Gasteiger partial charge in [-0.1, -0.05) is 42.5 Å². The molecule has 0 radical (unpaired) electrons. The van der Waals surface area contributed by atoms with Gasteiger partial charge in [-0.2, -0.15) is 26.3 Å². The highest BCUT2D eigenvalue weighted by atomic mass is 19.4. The lowest BCUT2D eigenvalue weighted by Gasteiger charge is -2.42. The van der Waals surface area contributed by atoms with E-state index in [0.717, 1.165) is 19.9 Å². The van der Waals surface area contributed by atoms with Crippen LogP contribution in [0.2, 0.25) is 0 Å². The molecular formula is C26H23F8NO2. The number of para-hydroxylation sites is 1. The van der Waals surface area contributed by atoms with E-state index in [9.17, 15) is 35.5 Å². The molecule has 1 aliphatic carbocycles. The first-order chi connectivity index (χ1) is 17.0. The quantitative estimate of drug-likeness (QED) is 0.425. The van der Waals surface area contributed by atoms with E-state index in [0.29, 0.717) is 23.4 Å². The number of benzene rings is 2. The molecule has 3 nitrogen and oxygen atoms in total. The number of carbonyl (C=O) groups excluding carboxylic acids is 1. The van der Waals surface area contributed by atoms with Crippen LogP contribution in [-0.2, 0) is 22.3 Å². The lowest BCUT2D eigenvalue weighted by atomic mass is 9.61. The molecule has 37 heavy (non-hydrogen) atoms. The van der Waals surface area contributed by atoms with Crippen LogP contribution in [0.15, 0.2) is 60.5 Å². The van der Waals surface area contributed by atoms with E-state index in [1.54, 1.807) is 24.3 Å². The van der Waals surface area contributed by atoms with E-state index in [2.05, 4.69) is 0 Å². The van der Waals surface area contributed by atoms with Crippen molar-refractivity contribution in [3.05, 3.63) is 88.3 Å². The topological polar surface area (TPSA) is 52.3 Å². The zero-order valence-corrected chi connectivity index (χ0v) is 19.9. The predicted octanol–water partition coefficient (Wildman–Crippen LogP) is 6.61. The van der Waals surface area contributed by atoms with Gasteiger partial charge in [0.1, 0.15) is 11.6 Å². The minimum absolute atomic E-state index is 0.0873. The smallest absolute Gasteiger partial charge is 0.435 e. The molecule has 2 N–H and O–H groups in total. The number of methoxy groups -OCH3 is 1. The molecule has 0 aliphatic heterocycles. The number of hydrogen-bond acceptors (Lipinski definition) is 2. The summed E-state index contributed by atoms with van der Waals surface area (Å²) in [7, 11) is 1.35. The van der Waals surface area contributed by atoms with Crippen molar-refractivity contribution in [1.29, 1.82) is 0 Å². The number of ether oxygens (including phenoxy) is 1.